The van der Waals surface area contributed by atoms with Crippen LogP contribution in [0.15, 0.2) is 34.7 Å². The van der Waals surface area contributed by atoms with Gasteiger partial charge < -0.3 is 14.8 Å². The molecule has 0 unspecified atom stereocenters. The van der Waals surface area contributed by atoms with Gasteiger partial charge in [0, 0.05) is 23.2 Å². The summed E-state index contributed by atoms with van der Waals surface area (Å²) in [5.41, 5.74) is 3.18. The fraction of sp³-hybridized carbons (Fsp3) is 0.238. The molecular weight excluding hydrogens is 330 g/mol. The van der Waals surface area contributed by atoms with Crippen LogP contribution in [-0.2, 0) is 6.54 Å². The van der Waals surface area contributed by atoms with Crippen molar-refractivity contribution >= 4 is 22.3 Å². The molecule has 1 heterocycles. The number of fused-ring (bicyclic) bond motifs is 5. The lowest BCUT2D eigenvalue weighted by Crippen LogP contribution is -2.21. The molecule has 0 saturated carbocycles. The van der Waals surface area contributed by atoms with Crippen LogP contribution in [0, 0.1) is 13.8 Å². The van der Waals surface area contributed by atoms with Gasteiger partial charge in [-0.1, -0.05) is 24.3 Å². The van der Waals surface area contributed by atoms with E-state index >= 15 is 0 Å². The largest absolute Gasteiger partial charge is 0.459 e. The van der Waals surface area contributed by atoms with Crippen LogP contribution in [0.25, 0.3) is 22.1 Å². The molecule has 5 nitrogen and oxygen atoms in total. The van der Waals surface area contributed by atoms with Crippen LogP contribution in [-0.4, -0.2) is 29.8 Å². The van der Waals surface area contributed by atoms with Crippen molar-refractivity contribution in [2.75, 3.05) is 13.2 Å². The number of carbonyl (C=O) groups excluding carboxylic acids is 2. The number of aryl methyl sites for hydroxylation is 1. The summed E-state index contributed by atoms with van der Waals surface area (Å²) >= 11 is 0. The first-order valence-electron chi connectivity index (χ1n) is 8.60. The number of aliphatic hydroxyl groups is 1. The number of rotatable bonds is 4. The standard InChI is InChI=1S/C21H19NO4/c1-11-4-3-5-14-13(11)6-7-15-18(14)20(25)19(24)17-12(2)16(26-21(15)17)10-22-8-9-23/h3-7,22-23H,8-10H2,1-2H3. The summed E-state index contributed by atoms with van der Waals surface area (Å²) in [6.45, 7) is 4.61. The molecule has 0 amide bonds. The molecule has 1 aromatic heterocycles. The third-order valence-electron chi connectivity index (χ3n) is 5.00. The van der Waals surface area contributed by atoms with Gasteiger partial charge in [0.15, 0.2) is 0 Å². The van der Waals surface area contributed by atoms with E-state index < -0.39 is 11.6 Å². The van der Waals surface area contributed by atoms with Gasteiger partial charge in [-0.3, -0.25) is 9.59 Å². The first-order valence-corrected chi connectivity index (χ1v) is 8.60. The van der Waals surface area contributed by atoms with Crippen LogP contribution in [0.1, 0.15) is 37.6 Å². The molecular formula is C21H19NO4. The lowest BCUT2D eigenvalue weighted by Gasteiger charge is -2.16. The van der Waals surface area contributed by atoms with E-state index in [9.17, 15) is 9.59 Å². The molecule has 4 rings (SSSR count). The number of carbonyl (C=O) groups is 2. The van der Waals surface area contributed by atoms with Crippen molar-refractivity contribution in [2.45, 2.75) is 20.4 Å². The predicted octanol–water partition coefficient (Wildman–Crippen LogP) is 3.18. The number of hydrogen-bond donors (Lipinski definition) is 2. The van der Waals surface area contributed by atoms with Gasteiger partial charge in [-0.2, -0.15) is 0 Å². The minimum Gasteiger partial charge on any atom is -0.459 e. The van der Waals surface area contributed by atoms with Gasteiger partial charge in [-0.05, 0) is 36.2 Å². The highest BCUT2D eigenvalue weighted by Crippen LogP contribution is 2.41. The zero-order valence-corrected chi connectivity index (χ0v) is 14.7. The monoisotopic (exact) mass is 349 g/mol. The van der Waals surface area contributed by atoms with Gasteiger partial charge in [0.05, 0.1) is 18.7 Å². The van der Waals surface area contributed by atoms with Gasteiger partial charge in [0.1, 0.15) is 11.5 Å². The molecule has 0 atom stereocenters. The summed E-state index contributed by atoms with van der Waals surface area (Å²) in [7, 11) is 0. The highest BCUT2D eigenvalue weighted by molar-refractivity contribution is 6.54. The summed E-state index contributed by atoms with van der Waals surface area (Å²) in [5, 5.41) is 13.7. The van der Waals surface area contributed by atoms with Gasteiger partial charge >= 0.3 is 0 Å². The smallest absolute Gasteiger partial charge is 0.237 e. The number of aliphatic hydroxyl groups excluding tert-OH is 1. The predicted molar refractivity (Wildman–Crippen MR) is 98.6 cm³/mol. The normalized spacial score (nSPS) is 13.2. The first-order chi connectivity index (χ1) is 12.5. The van der Waals surface area contributed by atoms with E-state index in [4.69, 9.17) is 9.52 Å². The third-order valence-corrected chi connectivity index (χ3v) is 5.00. The molecule has 2 aromatic carbocycles. The molecule has 0 saturated heterocycles. The molecule has 2 N–H and O–H groups in total. The molecule has 5 heteroatoms. The Morgan fingerprint density at radius 2 is 1.77 bits per heavy atom. The average Bonchev–Trinajstić information content (AvgIpc) is 2.96. The van der Waals surface area contributed by atoms with Crippen LogP contribution in [0.4, 0.5) is 0 Å². The summed E-state index contributed by atoms with van der Waals surface area (Å²) in [6, 6.07) is 9.58. The average molecular weight is 349 g/mol. The maximum absolute atomic E-state index is 12.9. The zero-order chi connectivity index (χ0) is 18.4. The Morgan fingerprint density at radius 3 is 2.54 bits per heavy atom. The second kappa shape index (κ2) is 6.20. The second-order valence-electron chi connectivity index (χ2n) is 6.57. The Morgan fingerprint density at radius 1 is 1.00 bits per heavy atom. The van der Waals surface area contributed by atoms with Gasteiger partial charge in [-0.25, -0.2) is 0 Å². The summed E-state index contributed by atoms with van der Waals surface area (Å²) in [4.78, 5) is 25.7. The van der Waals surface area contributed by atoms with Crippen LogP contribution in [0.3, 0.4) is 0 Å². The van der Waals surface area contributed by atoms with E-state index in [2.05, 4.69) is 5.32 Å². The van der Waals surface area contributed by atoms with Crippen molar-refractivity contribution in [2.24, 2.45) is 0 Å². The van der Waals surface area contributed by atoms with E-state index in [0.717, 1.165) is 16.3 Å². The Bertz CT molecular complexity index is 1060. The van der Waals surface area contributed by atoms with Gasteiger partial charge in [0.2, 0.25) is 11.6 Å². The molecule has 0 radical (unpaired) electrons. The van der Waals surface area contributed by atoms with E-state index in [0.29, 0.717) is 46.9 Å². The number of hydrogen-bond acceptors (Lipinski definition) is 5. The molecule has 26 heavy (non-hydrogen) atoms. The maximum atomic E-state index is 12.9. The molecule has 132 valence electrons. The summed E-state index contributed by atoms with van der Waals surface area (Å²) < 4.78 is 5.99. The van der Waals surface area contributed by atoms with Gasteiger partial charge in [0.25, 0.3) is 0 Å². The highest BCUT2D eigenvalue weighted by Gasteiger charge is 2.37. The van der Waals surface area contributed by atoms with E-state index in [1.165, 1.54) is 0 Å². The SMILES string of the molecule is Cc1c(CNCCO)oc2c1C(=O)C(=O)c1c-2ccc2c(C)cccc12. The topological polar surface area (TPSA) is 79.5 Å². The number of benzene rings is 2. The van der Waals surface area contributed by atoms with Crippen molar-refractivity contribution in [3.8, 4) is 11.3 Å². The molecule has 3 aromatic rings. The van der Waals surface area contributed by atoms with Crippen LogP contribution in [0.2, 0.25) is 0 Å². The van der Waals surface area contributed by atoms with Crippen LogP contribution >= 0.6 is 0 Å². The van der Waals surface area contributed by atoms with E-state index in [1.54, 1.807) is 6.92 Å². The molecule has 0 bridgehead atoms. The Kier molecular flexibility index (Phi) is 3.98. The van der Waals surface area contributed by atoms with Crippen molar-refractivity contribution in [3.05, 3.63) is 58.3 Å². The highest BCUT2D eigenvalue weighted by atomic mass is 16.3. The van der Waals surface area contributed by atoms with Crippen molar-refractivity contribution in [1.82, 2.24) is 5.32 Å². The summed E-state index contributed by atoms with van der Waals surface area (Å²) in [6.07, 6.45) is 0. The second-order valence-corrected chi connectivity index (χ2v) is 6.57. The molecule has 0 spiro atoms. The lowest BCUT2D eigenvalue weighted by molar-refractivity contribution is 0.0815. The molecule has 0 fully saturated rings. The molecule has 1 aliphatic carbocycles. The fourth-order valence-electron chi connectivity index (χ4n) is 3.65. The van der Waals surface area contributed by atoms with Crippen molar-refractivity contribution in [1.29, 1.82) is 0 Å². The third kappa shape index (κ3) is 2.32. The van der Waals surface area contributed by atoms with Crippen molar-refractivity contribution in [3.63, 3.8) is 0 Å². The zero-order valence-electron chi connectivity index (χ0n) is 14.7. The first kappa shape index (κ1) is 16.7. The van der Waals surface area contributed by atoms with Gasteiger partial charge in [-0.15, -0.1) is 0 Å². The molecule has 1 aliphatic rings. The summed E-state index contributed by atoms with van der Waals surface area (Å²) in [5.74, 6) is 0.0757. The maximum Gasteiger partial charge on any atom is 0.237 e. The Hall–Kier alpha value is -2.76. The van der Waals surface area contributed by atoms with E-state index in [-0.39, 0.29) is 6.61 Å². The Labute approximate surface area is 150 Å². The Balaban J connectivity index is 1.95. The fourth-order valence-corrected chi connectivity index (χ4v) is 3.65. The minimum absolute atomic E-state index is 0.0189. The number of ketones is 2. The van der Waals surface area contributed by atoms with Crippen molar-refractivity contribution < 1.29 is 19.1 Å². The van der Waals surface area contributed by atoms with Crippen LogP contribution < -0.4 is 5.32 Å². The lowest BCUT2D eigenvalue weighted by atomic mass is 9.83. The molecule has 0 aliphatic heterocycles. The van der Waals surface area contributed by atoms with E-state index in [1.807, 2.05) is 37.3 Å². The van der Waals surface area contributed by atoms with Crippen LogP contribution in [0.5, 0.6) is 0 Å². The number of nitrogens with one attached hydrogen (secondary N) is 1. The minimum atomic E-state index is -0.517. The quantitative estimate of drug-likeness (QED) is 0.559. The number of furan rings is 1. The number of Topliss-reactive ketones (excluding diaryl/α,β-unsaturated/α-hetero) is 2.